The fourth-order valence-corrected chi connectivity index (χ4v) is 4.98. The number of aromatic nitrogens is 1. The summed E-state index contributed by atoms with van der Waals surface area (Å²) in [6.07, 6.45) is 7.27. The number of nitrogens with zero attached hydrogens (tertiary/aromatic N) is 1. The van der Waals surface area contributed by atoms with Crippen LogP contribution in [0.4, 0.5) is 5.00 Å². The molecule has 1 aliphatic carbocycles. The van der Waals surface area contributed by atoms with E-state index >= 15 is 0 Å². The molecule has 31 heavy (non-hydrogen) atoms. The highest BCUT2D eigenvalue weighted by Crippen LogP contribution is 2.37. The number of esters is 2. The van der Waals surface area contributed by atoms with Crippen molar-refractivity contribution in [3.63, 3.8) is 0 Å². The Morgan fingerprint density at radius 1 is 1.13 bits per heavy atom. The van der Waals surface area contributed by atoms with E-state index in [1.54, 1.807) is 12.1 Å². The molecule has 4 rings (SSSR count). The van der Waals surface area contributed by atoms with Crippen molar-refractivity contribution in [2.75, 3.05) is 19.0 Å². The number of thiophene rings is 1. The number of hydrogen-bond acceptors (Lipinski definition) is 8. The molecule has 1 N–H and O–H groups in total. The van der Waals surface area contributed by atoms with Gasteiger partial charge in [-0.2, -0.15) is 0 Å². The molecular formula is C22H22N2O6S. The quantitative estimate of drug-likeness (QED) is 0.592. The Morgan fingerprint density at radius 3 is 2.74 bits per heavy atom. The lowest BCUT2D eigenvalue weighted by atomic mass is 9.96. The Labute approximate surface area is 182 Å². The van der Waals surface area contributed by atoms with E-state index in [9.17, 15) is 14.4 Å². The summed E-state index contributed by atoms with van der Waals surface area (Å²) in [4.78, 5) is 42.3. The highest BCUT2D eigenvalue weighted by Gasteiger charge is 2.26. The van der Waals surface area contributed by atoms with Crippen molar-refractivity contribution in [1.29, 1.82) is 0 Å². The minimum atomic E-state index is -0.647. The van der Waals surface area contributed by atoms with Crippen LogP contribution in [0.15, 0.2) is 29.0 Å². The van der Waals surface area contributed by atoms with E-state index in [4.69, 9.17) is 13.9 Å². The fourth-order valence-electron chi connectivity index (χ4n) is 3.69. The molecule has 0 radical (unpaired) electrons. The predicted molar refractivity (Wildman–Crippen MR) is 114 cm³/mol. The van der Waals surface area contributed by atoms with E-state index in [-0.39, 0.29) is 5.56 Å². The minimum Gasteiger partial charge on any atom is -0.465 e. The first-order chi connectivity index (χ1) is 15.1. The lowest BCUT2D eigenvalue weighted by Gasteiger charge is -2.11. The van der Waals surface area contributed by atoms with E-state index in [2.05, 4.69) is 10.3 Å². The predicted octanol–water partition coefficient (Wildman–Crippen LogP) is 4.13. The van der Waals surface area contributed by atoms with Gasteiger partial charge < -0.3 is 19.2 Å². The van der Waals surface area contributed by atoms with Gasteiger partial charge in [-0.15, -0.1) is 11.3 Å². The summed E-state index contributed by atoms with van der Waals surface area (Å²) in [5, 5.41) is 3.18. The maximum atomic E-state index is 12.5. The molecule has 0 aliphatic heterocycles. The summed E-state index contributed by atoms with van der Waals surface area (Å²) in [7, 11) is 1.33. The van der Waals surface area contributed by atoms with Crippen molar-refractivity contribution in [2.24, 2.45) is 0 Å². The van der Waals surface area contributed by atoms with Gasteiger partial charge >= 0.3 is 11.9 Å². The number of rotatable bonds is 5. The average molecular weight is 442 g/mol. The molecule has 3 aromatic rings. The third kappa shape index (κ3) is 4.61. The molecule has 9 heteroatoms. The third-order valence-corrected chi connectivity index (χ3v) is 6.42. The number of ether oxygens (including phenoxy) is 2. The molecule has 1 amide bonds. The highest BCUT2D eigenvalue weighted by molar-refractivity contribution is 7.17. The number of fused-ring (bicyclic) bond motifs is 2. The molecule has 2 heterocycles. The van der Waals surface area contributed by atoms with Crippen LogP contribution < -0.4 is 5.32 Å². The smallest absolute Gasteiger partial charge is 0.341 e. The first-order valence-corrected chi connectivity index (χ1v) is 10.9. The van der Waals surface area contributed by atoms with Gasteiger partial charge in [-0.3, -0.25) is 4.79 Å². The number of aryl methyl sites for hydroxylation is 1. The number of benzene rings is 1. The van der Waals surface area contributed by atoms with Crippen molar-refractivity contribution in [3.8, 4) is 0 Å². The van der Waals surface area contributed by atoms with Gasteiger partial charge in [-0.1, -0.05) is 12.8 Å². The van der Waals surface area contributed by atoms with Crippen molar-refractivity contribution in [3.05, 3.63) is 46.2 Å². The normalized spacial score (nSPS) is 13.7. The SMILES string of the molecule is COC(=O)c1c(NC(=O)COC(=O)c2ccc3ocnc3c2)sc2c1CCCCCC2. The lowest BCUT2D eigenvalue weighted by molar-refractivity contribution is -0.119. The zero-order valence-electron chi connectivity index (χ0n) is 17.1. The van der Waals surface area contributed by atoms with E-state index < -0.39 is 24.5 Å². The first-order valence-electron chi connectivity index (χ1n) is 10.1. The standard InChI is InChI=1S/C22H22N2O6S/c1-28-22(27)19-14-6-4-2-3-5-7-17(14)31-20(19)24-18(25)11-29-21(26)13-8-9-16-15(10-13)23-12-30-16/h8-10,12H,2-7,11H2,1H3,(H,24,25). The van der Waals surface area contributed by atoms with Gasteiger partial charge in [0.2, 0.25) is 0 Å². The summed E-state index contributed by atoms with van der Waals surface area (Å²) < 4.78 is 15.2. The van der Waals surface area contributed by atoms with Crippen LogP contribution in [0.25, 0.3) is 11.1 Å². The van der Waals surface area contributed by atoms with Gasteiger partial charge in [-0.05, 0) is 49.4 Å². The number of carbonyl (C=O) groups excluding carboxylic acids is 3. The average Bonchev–Trinajstić information content (AvgIpc) is 3.35. The van der Waals surface area contributed by atoms with Crippen LogP contribution >= 0.6 is 11.3 Å². The molecule has 0 spiro atoms. The van der Waals surface area contributed by atoms with E-state index in [1.165, 1.54) is 30.9 Å². The number of carbonyl (C=O) groups is 3. The van der Waals surface area contributed by atoms with Crippen molar-refractivity contribution < 1.29 is 28.3 Å². The Balaban J connectivity index is 1.45. The van der Waals surface area contributed by atoms with Gasteiger partial charge in [0.25, 0.3) is 5.91 Å². The molecular weight excluding hydrogens is 420 g/mol. The Hall–Kier alpha value is -3.20. The maximum absolute atomic E-state index is 12.5. The van der Waals surface area contributed by atoms with Gasteiger partial charge in [0.05, 0.1) is 18.2 Å². The van der Waals surface area contributed by atoms with Crippen LogP contribution in [0, 0.1) is 0 Å². The zero-order valence-corrected chi connectivity index (χ0v) is 17.9. The third-order valence-electron chi connectivity index (χ3n) is 5.21. The summed E-state index contributed by atoms with van der Waals surface area (Å²) in [6.45, 7) is -0.473. The number of methoxy groups -OCH3 is 1. The topological polar surface area (TPSA) is 108 Å². The first kappa shape index (κ1) is 21.0. The molecule has 162 valence electrons. The lowest BCUT2D eigenvalue weighted by Crippen LogP contribution is -2.21. The molecule has 1 aromatic carbocycles. The van der Waals surface area contributed by atoms with Crippen LogP contribution in [0.2, 0.25) is 0 Å². The van der Waals surface area contributed by atoms with Gasteiger partial charge in [0, 0.05) is 4.88 Å². The number of hydrogen-bond donors (Lipinski definition) is 1. The van der Waals surface area contributed by atoms with Gasteiger partial charge in [0.1, 0.15) is 10.5 Å². The van der Waals surface area contributed by atoms with Crippen molar-refractivity contribution in [2.45, 2.75) is 38.5 Å². The molecule has 0 bridgehead atoms. The summed E-state index contributed by atoms with van der Waals surface area (Å²) in [6, 6.07) is 4.69. The number of nitrogens with one attached hydrogen (secondary N) is 1. The Morgan fingerprint density at radius 2 is 1.94 bits per heavy atom. The van der Waals surface area contributed by atoms with Crippen LogP contribution in [-0.4, -0.2) is 36.5 Å². The summed E-state index contributed by atoms with van der Waals surface area (Å²) in [5.41, 5.74) is 2.73. The second-order valence-corrected chi connectivity index (χ2v) is 8.38. The largest absolute Gasteiger partial charge is 0.465 e. The van der Waals surface area contributed by atoms with Crippen LogP contribution in [-0.2, 0) is 27.1 Å². The molecule has 2 aromatic heterocycles. The van der Waals surface area contributed by atoms with Crippen LogP contribution in [0.5, 0.6) is 0 Å². The Kier molecular flexibility index (Phi) is 6.31. The molecule has 1 aliphatic rings. The van der Waals surface area contributed by atoms with Crippen LogP contribution in [0.3, 0.4) is 0 Å². The molecule has 0 saturated heterocycles. The second kappa shape index (κ2) is 9.30. The zero-order chi connectivity index (χ0) is 21.8. The molecule has 0 saturated carbocycles. The van der Waals surface area contributed by atoms with E-state index in [1.807, 2.05) is 0 Å². The molecule has 0 atom stereocenters. The van der Waals surface area contributed by atoms with E-state index in [0.717, 1.165) is 49.0 Å². The van der Waals surface area contributed by atoms with Crippen molar-refractivity contribution in [1.82, 2.24) is 4.98 Å². The van der Waals surface area contributed by atoms with Gasteiger partial charge in [-0.25, -0.2) is 14.6 Å². The fraction of sp³-hybridized carbons (Fsp3) is 0.364. The summed E-state index contributed by atoms with van der Waals surface area (Å²) >= 11 is 1.40. The summed E-state index contributed by atoms with van der Waals surface area (Å²) in [5.74, 6) is -1.63. The second-order valence-electron chi connectivity index (χ2n) is 7.27. The highest BCUT2D eigenvalue weighted by atomic mass is 32.1. The van der Waals surface area contributed by atoms with Gasteiger partial charge in [0.15, 0.2) is 18.6 Å². The molecule has 0 unspecified atom stereocenters. The Bertz CT molecular complexity index is 1130. The van der Waals surface area contributed by atoms with Crippen molar-refractivity contribution >= 4 is 45.3 Å². The minimum absolute atomic E-state index is 0.267. The molecule has 0 fully saturated rings. The van der Waals surface area contributed by atoms with E-state index in [0.29, 0.717) is 21.7 Å². The maximum Gasteiger partial charge on any atom is 0.341 e. The number of anilines is 1. The number of amides is 1. The molecule has 8 nitrogen and oxygen atoms in total. The van der Waals surface area contributed by atoms with Crippen LogP contribution in [0.1, 0.15) is 56.8 Å². The number of oxazole rings is 1. The monoisotopic (exact) mass is 442 g/mol.